The molecular formula is C17H19ClN4O2. The lowest BCUT2D eigenvalue weighted by molar-refractivity contribution is 0.0718. The molecule has 1 amide bonds. The number of hydrogen-bond acceptors (Lipinski definition) is 5. The van der Waals surface area contributed by atoms with Gasteiger partial charge in [-0.3, -0.25) is 4.79 Å². The van der Waals surface area contributed by atoms with Crippen LogP contribution in [0.25, 0.3) is 0 Å². The van der Waals surface area contributed by atoms with Crippen LogP contribution in [-0.2, 0) is 0 Å². The molecule has 0 bridgehead atoms. The monoisotopic (exact) mass is 346 g/mol. The third-order valence-corrected chi connectivity index (χ3v) is 4.19. The third kappa shape index (κ3) is 3.76. The van der Waals surface area contributed by atoms with Crippen molar-refractivity contribution in [1.82, 2.24) is 14.9 Å². The minimum atomic E-state index is -0.0572. The number of nitrogens with zero attached hydrogens (tertiary/aromatic N) is 3. The first-order valence-electron chi connectivity index (χ1n) is 7.89. The van der Waals surface area contributed by atoms with Crippen molar-refractivity contribution in [2.75, 3.05) is 25.5 Å². The molecule has 1 fully saturated rings. The van der Waals surface area contributed by atoms with Crippen LogP contribution in [0.3, 0.4) is 0 Å². The van der Waals surface area contributed by atoms with Crippen LogP contribution in [0.4, 0.5) is 11.5 Å². The number of piperidine rings is 1. The van der Waals surface area contributed by atoms with E-state index in [1.807, 2.05) is 4.90 Å². The van der Waals surface area contributed by atoms with Gasteiger partial charge in [-0.1, -0.05) is 11.6 Å². The number of aromatic nitrogens is 2. The summed E-state index contributed by atoms with van der Waals surface area (Å²) < 4.78 is 5.31. The number of benzene rings is 1. The summed E-state index contributed by atoms with van der Waals surface area (Å²) in [4.78, 5) is 22.7. The van der Waals surface area contributed by atoms with Crippen LogP contribution in [0.5, 0.6) is 5.75 Å². The van der Waals surface area contributed by atoms with E-state index in [1.165, 1.54) is 12.7 Å². The average molecular weight is 347 g/mol. The molecule has 7 heteroatoms. The molecule has 126 valence electrons. The van der Waals surface area contributed by atoms with Gasteiger partial charge in [-0.2, -0.15) is 0 Å². The van der Waals surface area contributed by atoms with E-state index in [0.717, 1.165) is 25.9 Å². The molecule has 1 aromatic heterocycles. The highest BCUT2D eigenvalue weighted by molar-refractivity contribution is 6.31. The fourth-order valence-corrected chi connectivity index (χ4v) is 2.89. The Balaban J connectivity index is 1.80. The van der Waals surface area contributed by atoms with Crippen molar-refractivity contribution in [3.8, 4) is 5.75 Å². The van der Waals surface area contributed by atoms with E-state index in [0.29, 0.717) is 28.0 Å². The zero-order valence-corrected chi connectivity index (χ0v) is 14.2. The van der Waals surface area contributed by atoms with Crippen molar-refractivity contribution in [2.45, 2.75) is 19.3 Å². The minimum Gasteiger partial charge on any atom is -0.495 e. The SMILES string of the molecule is COc1ccc(Cl)cc1Nc1cc(C(=O)N2CCCCC2)ncn1. The van der Waals surface area contributed by atoms with E-state index < -0.39 is 0 Å². The quantitative estimate of drug-likeness (QED) is 0.917. The molecule has 0 aliphatic carbocycles. The summed E-state index contributed by atoms with van der Waals surface area (Å²) in [5.74, 6) is 1.10. The molecule has 0 unspecified atom stereocenters. The average Bonchev–Trinajstić information content (AvgIpc) is 2.62. The molecular weight excluding hydrogens is 328 g/mol. The Labute approximate surface area is 145 Å². The first kappa shape index (κ1) is 16.5. The molecule has 0 saturated carbocycles. The van der Waals surface area contributed by atoms with Crippen LogP contribution in [0.1, 0.15) is 29.8 Å². The van der Waals surface area contributed by atoms with Crippen molar-refractivity contribution < 1.29 is 9.53 Å². The van der Waals surface area contributed by atoms with Crippen LogP contribution in [0.15, 0.2) is 30.6 Å². The topological polar surface area (TPSA) is 67.3 Å². The molecule has 1 aromatic carbocycles. The van der Waals surface area contributed by atoms with Crippen LogP contribution in [0, 0.1) is 0 Å². The highest BCUT2D eigenvalue weighted by Crippen LogP contribution is 2.30. The zero-order valence-electron chi connectivity index (χ0n) is 13.5. The Kier molecular flexibility index (Phi) is 5.15. The highest BCUT2D eigenvalue weighted by atomic mass is 35.5. The second-order valence-corrected chi connectivity index (χ2v) is 6.05. The van der Waals surface area contributed by atoms with E-state index >= 15 is 0 Å². The van der Waals surface area contributed by atoms with E-state index in [1.54, 1.807) is 31.4 Å². The van der Waals surface area contributed by atoms with E-state index in [9.17, 15) is 4.79 Å². The van der Waals surface area contributed by atoms with Gasteiger partial charge in [-0.15, -0.1) is 0 Å². The fraction of sp³-hybridized carbons (Fsp3) is 0.353. The highest BCUT2D eigenvalue weighted by Gasteiger charge is 2.19. The second-order valence-electron chi connectivity index (χ2n) is 5.61. The maximum absolute atomic E-state index is 12.5. The summed E-state index contributed by atoms with van der Waals surface area (Å²) in [6.07, 6.45) is 4.65. The van der Waals surface area contributed by atoms with Gasteiger partial charge in [0.2, 0.25) is 0 Å². The Morgan fingerprint density at radius 3 is 2.75 bits per heavy atom. The van der Waals surface area contributed by atoms with Gasteiger partial charge in [0, 0.05) is 24.2 Å². The lowest BCUT2D eigenvalue weighted by Gasteiger charge is -2.26. The number of rotatable bonds is 4. The summed E-state index contributed by atoms with van der Waals surface area (Å²) in [6, 6.07) is 6.91. The second kappa shape index (κ2) is 7.49. The predicted octanol–water partition coefficient (Wildman–Crippen LogP) is 3.51. The molecule has 2 heterocycles. The number of nitrogens with one attached hydrogen (secondary N) is 1. The number of likely N-dealkylation sites (tertiary alicyclic amines) is 1. The molecule has 3 rings (SSSR count). The number of carbonyl (C=O) groups excluding carboxylic acids is 1. The predicted molar refractivity (Wildman–Crippen MR) is 93.1 cm³/mol. The van der Waals surface area contributed by atoms with Crippen molar-refractivity contribution in [2.24, 2.45) is 0 Å². The molecule has 6 nitrogen and oxygen atoms in total. The van der Waals surface area contributed by atoms with Gasteiger partial charge < -0.3 is 15.0 Å². The van der Waals surface area contributed by atoms with Gasteiger partial charge in [-0.25, -0.2) is 9.97 Å². The van der Waals surface area contributed by atoms with Gasteiger partial charge in [0.1, 0.15) is 23.6 Å². The third-order valence-electron chi connectivity index (χ3n) is 3.95. The van der Waals surface area contributed by atoms with Crippen LogP contribution in [0.2, 0.25) is 5.02 Å². The van der Waals surface area contributed by atoms with Crippen molar-refractivity contribution in [3.05, 3.63) is 41.3 Å². The molecule has 1 N–H and O–H groups in total. The van der Waals surface area contributed by atoms with Gasteiger partial charge in [0.15, 0.2) is 0 Å². The number of carbonyl (C=O) groups is 1. The van der Waals surface area contributed by atoms with Gasteiger partial charge >= 0.3 is 0 Å². The van der Waals surface area contributed by atoms with E-state index in [2.05, 4.69) is 15.3 Å². The molecule has 24 heavy (non-hydrogen) atoms. The lowest BCUT2D eigenvalue weighted by atomic mass is 10.1. The van der Waals surface area contributed by atoms with Gasteiger partial charge in [-0.05, 0) is 37.5 Å². The van der Waals surface area contributed by atoms with Crippen molar-refractivity contribution in [1.29, 1.82) is 0 Å². The summed E-state index contributed by atoms with van der Waals surface area (Å²) in [7, 11) is 1.58. The Morgan fingerprint density at radius 1 is 1.21 bits per heavy atom. The summed E-state index contributed by atoms with van der Waals surface area (Å²) >= 11 is 6.03. The summed E-state index contributed by atoms with van der Waals surface area (Å²) in [5, 5.41) is 3.71. The number of anilines is 2. The molecule has 2 aromatic rings. The standard InChI is InChI=1S/C17H19ClN4O2/c1-24-15-6-5-12(18)9-13(15)21-16-10-14(19-11-20-16)17(23)22-7-3-2-4-8-22/h5-6,9-11H,2-4,7-8H2,1H3,(H,19,20,21). The van der Waals surface area contributed by atoms with Crippen LogP contribution < -0.4 is 10.1 Å². The molecule has 1 aliphatic rings. The van der Waals surface area contributed by atoms with Crippen LogP contribution >= 0.6 is 11.6 Å². The van der Waals surface area contributed by atoms with Gasteiger partial charge in [0.05, 0.1) is 12.8 Å². The smallest absolute Gasteiger partial charge is 0.272 e. The normalized spacial score (nSPS) is 14.3. The fourth-order valence-electron chi connectivity index (χ4n) is 2.72. The van der Waals surface area contributed by atoms with E-state index in [-0.39, 0.29) is 5.91 Å². The van der Waals surface area contributed by atoms with Crippen molar-refractivity contribution in [3.63, 3.8) is 0 Å². The number of ether oxygens (including phenoxy) is 1. The lowest BCUT2D eigenvalue weighted by Crippen LogP contribution is -2.36. The minimum absolute atomic E-state index is 0.0572. The maximum Gasteiger partial charge on any atom is 0.272 e. The Morgan fingerprint density at radius 2 is 2.00 bits per heavy atom. The number of methoxy groups -OCH3 is 1. The maximum atomic E-state index is 12.5. The Hall–Kier alpha value is -2.34. The summed E-state index contributed by atoms with van der Waals surface area (Å²) in [6.45, 7) is 1.57. The van der Waals surface area contributed by atoms with Gasteiger partial charge in [0.25, 0.3) is 5.91 Å². The van der Waals surface area contributed by atoms with Crippen molar-refractivity contribution >= 4 is 29.0 Å². The summed E-state index contributed by atoms with van der Waals surface area (Å²) in [5.41, 5.74) is 1.07. The molecule has 0 radical (unpaired) electrons. The van der Waals surface area contributed by atoms with Crippen LogP contribution in [-0.4, -0.2) is 41.0 Å². The first-order chi connectivity index (χ1) is 11.7. The van der Waals surface area contributed by atoms with E-state index in [4.69, 9.17) is 16.3 Å². The molecule has 1 aliphatic heterocycles. The Bertz CT molecular complexity index is 732. The number of halogens is 1. The number of amides is 1. The first-order valence-corrected chi connectivity index (χ1v) is 8.27. The molecule has 0 atom stereocenters. The largest absolute Gasteiger partial charge is 0.495 e. The number of hydrogen-bond donors (Lipinski definition) is 1. The molecule has 0 spiro atoms. The zero-order chi connectivity index (χ0) is 16.9. The molecule has 1 saturated heterocycles.